The van der Waals surface area contributed by atoms with E-state index in [1.165, 1.54) is 10.9 Å². The predicted octanol–water partition coefficient (Wildman–Crippen LogP) is -5.17. The average molecular weight is 369 g/mol. The van der Waals surface area contributed by atoms with E-state index in [2.05, 4.69) is 19.5 Å². The van der Waals surface area contributed by atoms with Crippen molar-refractivity contribution in [3.8, 4) is 0 Å². The third-order valence-electron chi connectivity index (χ3n) is 3.39. The van der Waals surface area contributed by atoms with Gasteiger partial charge in [0.25, 0.3) is 13.4 Å². The van der Waals surface area contributed by atoms with Crippen molar-refractivity contribution in [1.82, 2.24) is 19.5 Å². The van der Waals surface area contributed by atoms with E-state index in [9.17, 15) is 19.4 Å². The number of rotatable bonds is 4. The summed E-state index contributed by atoms with van der Waals surface area (Å²) in [6, 6.07) is 0. The van der Waals surface area contributed by atoms with Gasteiger partial charge in [-0.2, -0.15) is 4.98 Å². The van der Waals surface area contributed by atoms with Crippen LogP contribution in [-0.4, -0.2) is 48.3 Å². The second-order valence-corrected chi connectivity index (χ2v) is 6.08. The van der Waals surface area contributed by atoms with Gasteiger partial charge in [-0.25, -0.2) is 4.98 Å². The normalized spacial score (nSPS) is 26.2. The summed E-state index contributed by atoms with van der Waals surface area (Å²) in [5, 5.41) is 9.26. The topological polar surface area (TPSA) is 189 Å². The Morgan fingerprint density at radius 1 is 1.62 bits per heavy atom. The van der Waals surface area contributed by atoms with E-state index < -0.39 is 38.4 Å². The largest absolute Gasteiger partial charge is 1.00 e. The molecule has 0 radical (unpaired) electrons. The number of hydrogen-bond donors (Lipinski definition) is 4. The quantitative estimate of drug-likeness (QED) is 0.299. The summed E-state index contributed by atoms with van der Waals surface area (Å²) >= 11 is 0. The Bertz CT molecular complexity index is 835. The van der Waals surface area contributed by atoms with Crippen molar-refractivity contribution in [1.29, 1.82) is 0 Å². The first-order valence-corrected chi connectivity index (χ1v) is 7.99. The Hall–Kier alpha value is -0.820. The number of aliphatic hydroxyl groups is 1. The molecule has 2 aromatic heterocycles. The molecule has 0 aliphatic carbocycles. The van der Waals surface area contributed by atoms with Crippen LogP contribution >= 0.6 is 7.82 Å². The summed E-state index contributed by atoms with van der Waals surface area (Å²) < 4.78 is 22.2. The molecular formula is C10H13N5NaO7P. The molecule has 5 N–H and O–H groups in total. The summed E-state index contributed by atoms with van der Waals surface area (Å²) in [7, 11) is -4.99. The summed E-state index contributed by atoms with van der Waals surface area (Å²) in [6.45, 7) is -0.524. The third-order valence-corrected chi connectivity index (χ3v) is 3.93. The number of nitrogens with zero attached hydrogens (tertiary/aromatic N) is 3. The Balaban J connectivity index is 0.00000208. The predicted molar refractivity (Wildman–Crippen MR) is 72.9 cm³/mol. The summed E-state index contributed by atoms with van der Waals surface area (Å²) in [5.74, 6) is -0.117. The molecule has 1 aliphatic heterocycles. The molecule has 12 nitrogen and oxygen atoms in total. The Morgan fingerprint density at radius 2 is 2.33 bits per heavy atom. The summed E-state index contributed by atoms with van der Waals surface area (Å²) in [6.07, 6.45) is -1.61. The minimum absolute atomic E-state index is 0. The number of H-pyrrole nitrogens is 1. The number of aliphatic hydroxyl groups excluding tert-OH is 1. The van der Waals surface area contributed by atoms with Crippen LogP contribution in [0, 0.1) is 0 Å². The van der Waals surface area contributed by atoms with Crippen molar-refractivity contribution >= 4 is 24.9 Å². The number of aromatic amines is 1. The Labute approximate surface area is 156 Å². The molecule has 0 spiro atoms. The third kappa shape index (κ3) is 3.87. The maximum atomic E-state index is 11.7. The fraction of sp³-hybridized carbons (Fsp3) is 0.500. The van der Waals surface area contributed by atoms with Crippen LogP contribution in [-0.2, 0) is 13.8 Å². The molecule has 0 amide bonds. The number of ether oxygens (including phenoxy) is 1. The van der Waals surface area contributed by atoms with Crippen molar-refractivity contribution < 1.29 is 58.3 Å². The van der Waals surface area contributed by atoms with Crippen LogP contribution in [0.15, 0.2) is 11.1 Å². The number of fused-ring (bicyclic) bond motifs is 1. The van der Waals surface area contributed by atoms with Gasteiger partial charge in [0.2, 0.25) is 5.95 Å². The maximum absolute atomic E-state index is 11.7. The zero-order valence-corrected chi connectivity index (χ0v) is 15.4. The number of phosphoric acid groups is 1. The molecule has 2 aromatic rings. The minimum Gasteiger partial charge on any atom is -0.756 e. The smallest absolute Gasteiger partial charge is 0.756 e. The van der Waals surface area contributed by atoms with E-state index in [0.717, 1.165) is 0 Å². The number of hydrogen-bond acceptors (Lipinski definition) is 9. The van der Waals surface area contributed by atoms with Gasteiger partial charge in [-0.05, 0) is 0 Å². The molecule has 0 saturated carbocycles. The monoisotopic (exact) mass is 369 g/mol. The number of imidazole rings is 1. The minimum atomic E-state index is -4.99. The summed E-state index contributed by atoms with van der Waals surface area (Å²) in [4.78, 5) is 41.6. The Kier molecular flexibility index (Phi) is 5.85. The molecule has 4 atom stereocenters. The van der Waals surface area contributed by atoms with Gasteiger partial charge >= 0.3 is 29.6 Å². The molecular weight excluding hydrogens is 356 g/mol. The van der Waals surface area contributed by atoms with Gasteiger partial charge in [0.1, 0.15) is 12.3 Å². The number of aromatic nitrogens is 4. The van der Waals surface area contributed by atoms with Crippen molar-refractivity contribution in [3.63, 3.8) is 0 Å². The first-order valence-electron chi connectivity index (χ1n) is 6.49. The molecule has 0 aromatic carbocycles. The van der Waals surface area contributed by atoms with Gasteiger partial charge in [-0.1, -0.05) is 0 Å². The van der Waals surface area contributed by atoms with E-state index >= 15 is 0 Å². The molecule has 3 heterocycles. The van der Waals surface area contributed by atoms with Crippen LogP contribution in [0.5, 0.6) is 0 Å². The number of anilines is 1. The van der Waals surface area contributed by atoms with Gasteiger partial charge < -0.3 is 29.9 Å². The average Bonchev–Trinajstić information content (AvgIpc) is 3.00. The number of nitrogens with one attached hydrogen (secondary N) is 1. The zero-order chi connectivity index (χ0) is 16.8. The Morgan fingerprint density at radius 3 is 2.96 bits per heavy atom. The van der Waals surface area contributed by atoms with Crippen molar-refractivity contribution in [3.05, 3.63) is 16.7 Å². The van der Waals surface area contributed by atoms with Crippen LogP contribution in [0.3, 0.4) is 0 Å². The van der Waals surface area contributed by atoms with E-state index in [1.807, 2.05) is 0 Å². The van der Waals surface area contributed by atoms with E-state index in [4.69, 9.17) is 15.4 Å². The van der Waals surface area contributed by atoms with Crippen LogP contribution in [0.2, 0.25) is 0 Å². The number of phosphoric ester groups is 1. The fourth-order valence-corrected chi connectivity index (χ4v) is 3.04. The SMILES string of the molecule is Nc1nc2c(ncn2C2CC(OP(=O)([O-])O)C(CO)O2)c(=O)[nH]1.[Na+]. The van der Waals surface area contributed by atoms with Gasteiger partial charge in [0.05, 0.1) is 19.0 Å². The van der Waals surface area contributed by atoms with Gasteiger partial charge in [-0.3, -0.25) is 18.9 Å². The van der Waals surface area contributed by atoms with Crippen LogP contribution in [0.25, 0.3) is 11.2 Å². The van der Waals surface area contributed by atoms with E-state index in [0.29, 0.717) is 0 Å². The van der Waals surface area contributed by atoms with Gasteiger partial charge in [0.15, 0.2) is 11.2 Å². The molecule has 24 heavy (non-hydrogen) atoms. The molecule has 1 saturated heterocycles. The number of nitrogen functional groups attached to an aromatic ring is 1. The van der Waals surface area contributed by atoms with Gasteiger partial charge in [0, 0.05) is 6.42 Å². The zero-order valence-electron chi connectivity index (χ0n) is 12.5. The maximum Gasteiger partial charge on any atom is 1.00 e. The van der Waals surface area contributed by atoms with Crippen LogP contribution < -0.4 is 45.7 Å². The molecule has 0 bridgehead atoms. The van der Waals surface area contributed by atoms with Gasteiger partial charge in [-0.15, -0.1) is 0 Å². The van der Waals surface area contributed by atoms with Crippen molar-refractivity contribution in [2.75, 3.05) is 12.3 Å². The van der Waals surface area contributed by atoms with Crippen LogP contribution in [0.4, 0.5) is 5.95 Å². The second-order valence-electron chi connectivity index (χ2n) is 4.94. The van der Waals surface area contributed by atoms with Crippen molar-refractivity contribution in [2.24, 2.45) is 0 Å². The second kappa shape index (κ2) is 7.20. The molecule has 4 unspecified atom stereocenters. The fourth-order valence-electron chi connectivity index (χ4n) is 2.47. The van der Waals surface area contributed by atoms with E-state index in [-0.39, 0.29) is 53.1 Å². The standard InChI is InChI=1S/C10H14N5O7P.Na/c11-10-13-8-7(9(17)14-10)12-3-15(8)6-1-4(5(2-16)21-6)22-23(18,19)20;/h3-6,16H,1-2H2,(H2,18,19,20)(H3,11,13,14,17);/q;+1/p-1. The first-order chi connectivity index (χ1) is 10.8. The van der Waals surface area contributed by atoms with Crippen molar-refractivity contribution in [2.45, 2.75) is 24.9 Å². The van der Waals surface area contributed by atoms with E-state index in [1.54, 1.807) is 0 Å². The number of nitrogens with two attached hydrogens (primary N) is 1. The first kappa shape index (κ1) is 19.5. The molecule has 1 aliphatic rings. The molecule has 126 valence electrons. The molecule has 3 rings (SSSR count). The molecule has 14 heteroatoms. The molecule has 1 fully saturated rings. The van der Waals surface area contributed by atoms with Crippen LogP contribution in [0.1, 0.15) is 12.6 Å². The summed E-state index contributed by atoms with van der Waals surface area (Å²) in [5.41, 5.74) is 5.13.